The zero-order valence-electron chi connectivity index (χ0n) is 29.1. The first-order valence-corrected chi connectivity index (χ1v) is 22.1. The van der Waals surface area contributed by atoms with Gasteiger partial charge in [-0.2, -0.15) is 0 Å². The Morgan fingerprint density at radius 1 is 0.473 bits per heavy atom. The molecule has 0 bridgehead atoms. The Hall–Kier alpha value is -4.51. The van der Waals surface area contributed by atoms with Crippen LogP contribution in [0, 0.1) is 3.57 Å². The van der Waals surface area contributed by atoms with Gasteiger partial charge < -0.3 is 9.55 Å². The molecule has 0 aliphatic carbocycles. The Morgan fingerprint density at radius 2 is 0.982 bits per heavy atom. The molecule has 0 amide bonds. The summed E-state index contributed by atoms with van der Waals surface area (Å²) >= 11 is 13.7. The van der Waals surface area contributed by atoms with Crippen molar-refractivity contribution in [3.63, 3.8) is 0 Å². The minimum atomic E-state index is 1.17. The van der Waals surface area contributed by atoms with E-state index in [4.69, 9.17) is 0 Å². The molecule has 0 radical (unpaired) electrons. The predicted octanol–water partition coefficient (Wildman–Crippen LogP) is 16.7. The Bertz CT molecular complexity index is 3360. The highest BCUT2D eigenvalue weighted by Crippen LogP contribution is 2.47. The molecule has 0 saturated carbocycles. The summed E-state index contributed by atoms with van der Waals surface area (Å²) in [6.45, 7) is 0. The second kappa shape index (κ2) is 14.5. The lowest BCUT2D eigenvalue weighted by molar-refractivity contribution is 1.19. The topological polar surface area (TPSA) is 20.7 Å². The van der Waals surface area contributed by atoms with Crippen molar-refractivity contribution in [2.75, 3.05) is 0 Å². The molecule has 4 heterocycles. The average Bonchev–Trinajstić information content (AvgIpc) is 3.99. The number of para-hydroxylation sites is 3. The van der Waals surface area contributed by atoms with E-state index in [0.717, 1.165) is 0 Å². The van der Waals surface area contributed by atoms with Gasteiger partial charge in [0.05, 0.1) is 25.9 Å². The summed E-state index contributed by atoms with van der Waals surface area (Å²) in [5, 5.41) is 10.4. The normalized spacial score (nSPS) is 11.5. The molecule has 264 valence electrons. The lowest BCUT2D eigenvalue weighted by Gasteiger charge is -2.08. The van der Waals surface area contributed by atoms with Crippen molar-refractivity contribution in [1.82, 2.24) is 9.55 Å². The number of nitrogens with one attached hydrogen (secondary N) is 1. The maximum Gasteiger partial charge on any atom is 0.0720 e. The van der Waals surface area contributed by atoms with Crippen LogP contribution in [0.3, 0.4) is 0 Å². The van der Waals surface area contributed by atoms with E-state index in [1.165, 1.54) is 102 Å². The predicted molar refractivity (Wildman–Crippen MR) is 257 cm³/mol. The van der Waals surface area contributed by atoms with E-state index in [9.17, 15) is 0 Å². The fourth-order valence-electron chi connectivity index (χ4n) is 7.69. The average molecular weight is 985 g/mol. The Kier molecular flexibility index (Phi) is 9.23. The molecule has 4 aromatic heterocycles. The quantitative estimate of drug-likeness (QED) is 0.158. The number of aromatic amines is 1. The summed E-state index contributed by atoms with van der Waals surface area (Å²) in [5.41, 5.74) is 6.18. The van der Waals surface area contributed by atoms with Gasteiger partial charge >= 0.3 is 0 Å². The maximum absolute atomic E-state index is 3.87. The summed E-state index contributed by atoms with van der Waals surface area (Å²) in [5.74, 6) is 0. The molecule has 2 nitrogen and oxygen atoms in total. The van der Waals surface area contributed by atoms with Crippen molar-refractivity contribution in [2.45, 2.75) is 0 Å². The molecule has 0 atom stereocenters. The monoisotopic (exact) mass is 982 g/mol. The molecule has 0 unspecified atom stereocenters. The highest BCUT2D eigenvalue weighted by atomic mass is 127. The van der Waals surface area contributed by atoms with Gasteiger partial charge in [0, 0.05) is 76.2 Å². The molecule has 12 aromatic rings. The van der Waals surface area contributed by atoms with Crippen LogP contribution in [0.15, 0.2) is 179 Å². The summed E-state index contributed by atoms with van der Waals surface area (Å²) in [7, 11) is 0. The van der Waals surface area contributed by atoms with Gasteiger partial charge in [-0.1, -0.05) is 141 Å². The van der Waals surface area contributed by atoms with Crippen LogP contribution < -0.4 is 0 Å². The van der Waals surface area contributed by atoms with Gasteiger partial charge in [-0.3, -0.25) is 0 Å². The number of thiophene rings is 2. The molecule has 8 aromatic carbocycles. The third kappa shape index (κ3) is 6.08. The van der Waals surface area contributed by atoms with Crippen molar-refractivity contribution in [2.24, 2.45) is 0 Å². The molecule has 1 N–H and O–H groups in total. The molecule has 0 aliphatic rings. The van der Waals surface area contributed by atoms with Gasteiger partial charge in [-0.05, 0) is 83.3 Å². The summed E-state index contributed by atoms with van der Waals surface area (Å²) in [6, 6.07) is 59.9. The number of fused-ring (bicyclic) bond motifs is 14. The van der Waals surface area contributed by atoms with Crippen molar-refractivity contribution in [1.29, 1.82) is 0 Å². The second-order valence-corrected chi connectivity index (χ2v) is 18.4. The molecule has 12 rings (SSSR count). The van der Waals surface area contributed by atoms with Gasteiger partial charge in [0.1, 0.15) is 0 Å². The van der Waals surface area contributed by atoms with Gasteiger partial charge in [0.2, 0.25) is 0 Å². The minimum Gasteiger partial charge on any atom is -0.353 e. The van der Waals surface area contributed by atoms with Crippen LogP contribution in [0.4, 0.5) is 0 Å². The van der Waals surface area contributed by atoms with E-state index in [0.29, 0.717) is 0 Å². The van der Waals surface area contributed by atoms with Gasteiger partial charge in [0.15, 0.2) is 0 Å². The van der Waals surface area contributed by atoms with E-state index >= 15 is 0 Å². The van der Waals surface area contributed by atoms with Crippen molar-refractivity contribution in [3.05, 3.63) is 182 Å². The number of rotatable bonds is 1. The number of halogens is 3. The molecular formula is C48H29Br2IN2S2. The number of hydrogen-bond donors (Lipinski definition) is 1. The van der Waals surface area contributed by atoms with E-state index in [2.05, 4.69) is 216 Å². The van der Waals surface area contributed by atoms with E-state index in [1.807, 2.05) is 40.9 Å². The molecule has 0 fully saturated rings. The fraction of sp³-hybridized carbons (Fsp3) is 0. The molecule has 0 saturated heterocycles. The molecule has 55 heavy (non-hydrogen) atoms. The number of aromatic nitrogens is 2. The Labute approximate surface area is 355 Å². The molecular weight excluding hydrogens is 955 g/mol. The van der Waals surface area contributed by atoms with Gasteiger partial charge in [-0.25, -0.2) is 0 Å². The highest BCUT2D eigenvalue weighted by molar-refractivity contribution is 14.1. The first kappa shape index (κ1) is 34.9. The smallest absolute Gasteiger partial charge is 0.0720 e. The standard InChI is InChI=1S/C24H14BrNS.C18H10BrNS.C6H5I/c25-19-14-18-16-10-4-6-12-20(16)26(15-8-2-1-3-9-15)23(18)24-22(19)17-11-5-7-13-21(17)27-24;19-13-9-12-10-5-1-3-7-14(10)20-17(12)18-16(13)11-6-2-4-8-15(11)21-18;7-6-4-2-1-3-5-6/h1-14H;1-9,20H;1-5H. The first-order valence-electron chi connectivity index (χ1n) is 17.8. The van der Waals surface area contributed by atoms with E-state index in [-0.39, 0.29) is 0 Å². The van der Waals surface area contributed by atoms with Crippen molar-refractivity contribution < 1.29 is 0 Å². The van der Waals surface area contributed by atoms with Crippen LogP contribution in [0.25, 0.3) is 89.6 Å². The Morgan fingerprint density at radius 3 is 1.64 bits per heavy atom. The number of hydrogen-bond acceptors (Lipinski definition) is 2. The van der Waals surface area contributed by atoms with E-state index < -0.39 is 0 Å². The lowest BCUT2D eigenvalue weighted by atomic mass is 10.1. The second-order valence-electron chi connectivity index (χ2n) is 13.3. The van der Waals surface area contributed by atoms with Crippen LogP contribution >= 0.6 is 77.1 Å². The van der Waals surface area contributed by atoms with Crippen LogP contribution in [-0.4, -0.2) is 9.55 Å². The van der Waals surface area contributed by atoms with Crippen LogP contribution in [0.5, 0.6) is 0 Å². The molecule has 7 heteroatoms. The largest absolute Gasteiger partial charge is 0.353 e. The van der Waals surface area contributed by atoms with Crippen LogP contribution in [0.1, 0.15) is 0 Å². The summed E-state index contributed by atoms with van der Waals surface area (Å²) in [4.78, 5) is 3.60. The van der Waals surface area contributed by atoms with Gasteiger partial charge in [-0.15, -0.1) is 22.7 Å². The fourth-order valence-corrected chi connectivity index (χ4v) is 12.2. The summed E-state index contributed by atoms with van der Waals surface area (Å²) < 4.78 is 11.4. The minimum absolute atomic E-state index is 1.17. The lowest BCUT2D eigenvalue weighted by Crippen LogP contribution is -1.93. The van der Waals surface area contributed by atoms with Crippen LogP contribution in [0.2, 0.25) is 0 Å². The van der Waals surface area contributed by atoms with Gasteiger partial charge in [0.25, 0.3) is 0 Å². The zero-order chi connectivity index (χ0) is 37.0. The van der Waals surface area contributed by atoms with E-state index in [1.54, 1.807) is 0 Å². The number of benzene rings is 8. The Balaban J connectivity index is 0.000000118. The first-order chi connectivity index (χ1) is 27.0. The number of H-pyrrole nitrogens is 1. The highest BCUT2D eigenvalue weighted by Gasteiger charge is 2.20. The van der Waals surface area contributed by atoms with Crippen molar-refractivity contribution in [3.8, 4) is 5.69 Å². The third-order valence-electron chi connectivity index (χ3n) is 10.1. The third-order valence-corrected chi connectivity index (χ3v) is 14.4. The zero-order valence-corrected chi connectivity index (χ0v) is 36.0. The maximum atomic E-state index is 3.87. The summed E-state index contributed by atoms with van der Waals surface area (Å²) in [6.07, 6.45) is 0. The van der Waals surface area contributed by atoms with Crippen LogP contribution in [-0.2, 0) is 0 Å². The number of nitrogens with zero attached hydrogens (tertiary/aromatic N) is 1. The molecule has 0 aliphatic heterocycles. The SMILES string of the molecule is Brc1cc2c3ccccc3[nH]c2c2sc3ccccc3c12.Brc1cc2c3ccccc3n(-c3ccccc3)c2c2sc3ccccc3c12.Ic1ccccc1. The molecule has 0 spiro atoms. The van der Waals surface area contributed by atoms with Crippen molar-refractivity contribution >= 4 is 161 Å².